The summed E-state index contributed by atoms with van der Waals surface area (Å²) >= 11 is 6.33. The highest BCUT2D eigenvalue weighted by atomic mass is 35.5. The molecule has 7 nitrogen and oxygen atoms in total. The fourth-order valence-corrected chi connectivity index (χ4v) is 5.60. The molecule has 3 aromatic rings. The number of halogens is 2. The van der Waals surface area contributed by atoms with Crippen LogP contribution in [-0.4, -0.2) is 43.8 Å². The molecule has 10 heteroatoms. The lowest BCUT2D eigenvalue weighted by Crippen LogP contribution is -2.52. The summed E-state index contributed by atoms with van der Waals surface area (Å²) in [5.41, 5.74) is 1.32. The molecule has 1 N–H and O–H groups in total. The van der Waals surface area contributed by atoms with Crippen LogP contribution in [0.1, 0.15) is 38.3 Å². The molecule has 0 radical (unpaired) electrons. The molecular weight excluding hydrogens is 541 g/mol. The molecule has 0 aliphatic carbocycles. The van der Waals surface area contributed by atoms with Crippen LogP contribution in [0.2, 0.25) is 5.02 Å². The van der Waals surface area contributed by atoms with E-state index >= 15 is 0 Å². The molecule has 0 aliphatic rings. The lowest BCUT2D eigenvalue weighted by atomic mass is 10.1. The number of carbonyl (C=O) groups is 2. The van der Waals surface area contributed by atoms with Crippen molar-refractivity contribution in [1.29, 1.82) is 0 Å². The lowest BCUT2D eigenvalue weighted by molar-refractivity contribution is -0.139. The van der Waals surface area contributed by atoms with E-state index in [1.807, 2.05) is 13.8 Å². The van der Waals surface area contributed by atoms with Gasteiger partial charge < -0.3 is 10.2 Å². The number of hydrogen-bond acceptors (Lipinski definition) is 4. The average molecular weight is 574 g/mol. The van der Waals surface area contributed by atoms with Gasteiger partial charge in [0.05, 0.1) is 10.6 Å². The van der Waals surface area contributed by atoms with Crippen molar-refractivity contribution >= 4 is 39.1 Å². The van der Waals surface area contributed by atoms with E-state index in [-0.39, 0.29) is 29.1 Å². The van der Waals surface area contributed by atoms with Gasteiger partial charge in [-0.2, -0.15) is 0 Å². The molecule has 3 aromatic carbocycles. The Kier molecular flexibility index (Phi) is 10.1. The molecule has 0 unspecified atom stereocenters. The van der Waals surface area contributed by atoms with E-state index in [2.05, 4.69) is 5.32 Å². The Balaban J connectivity index is 2.05. The van der Waals surface area contributed by atoms with Crippen LogP contribution in [0, 0.1) is 12.7 Å². The van der Waals surface area contributed by atoms with E-state index in [0.29, 0.717) is 22.6 Å². The van der Waals surface area contributed by atoms with Crippen molar-refractivity contribution in [2.45, 2.75) is 57.6 Å². The summed E-state index contributed by atoms with van der Waals surface area (Å²) in [4.78, 5) is 28.3. The molecule has 39 heavy (non-hydrogen) atoms. The summed E-state index contributed by atoms with van der Waals surface area (Å²) in [7, 11) is -4.19. The Morgan fingerprint density at radius 1 is 0.974 bits per heavy atom. The Hall–Kier alpha value is -3.43. The molecule has 0 aliphatic heterocycles. The largest absolute Gasteiger partial charge is 0.352 e. The lowest BCUT2D eigenvalue weighted by Gasteiger charge is -2.33. The number of carbonyl (C=O) groups excluding carboxylic acids is 2. The Bertz CT molecular complexity index is 1400. The fraction of sp³-hybridized carbons (Fsp3) is 0.310. The highest BCUT2D eigenvalue weighted by Gasteiger charge is 2.33. The number of nitrogens with zero attached hydrogens (tertiary/aromatic N) is 2. The first kappa shape index (κ1) is 30.1. The summed E-state index contributed by atoms with van der Waals surface area (Å²) in [5.74, 6) is -1.42. The van der Waals surface area contributed by atoms with Crippen molar-refractivity contribution in [2.24, 2.45) is 0 Å². The van der Waals surface area contributed by atoms with Gasteiger partial charge in [-0.3, -0.25) is 13.9 Å². The number of anilines is 1. The Morgan fingerprint density at radius 2 is 1.62 bits per heavy atom. The van der Waals surface area contributed by atoms with Gasteiger partial charge in [0.15, 0.2) is 0 Å². The van der Waals surface area contributed by atoms with Gasteiger partial charge in [-0.1, -0.05) is 54.9 Å². The average Bonchev–Trinajstić information content (AvgIpc) is 2.92. The maximum Gasteiger partial charge on any atom is 0.264 e. The zero-order chi connectivity index (χ0) is 28.7. The standard InChI is InChI=1S/C29H33ClFN3O4S/c1-5-20(2)32-29(36)22(4)33(18-23-14-16-24(31)17-15-23)28(35)19-34(27-13-9-12-26(30)21(27)3)39(37,38)25-10-7-6-8-11-25/h6-17,20,22H,5,18-19H2,1-4H3,(H,32,36)/t20-,22-/m1/s1. The van der Waals surface area contributed by atoms with Crippen LogP contribution in [0.5, 0.6) is 0 Å². The van der Waals surface area contributed by atoms with Crippen molar-refractivity contribution < 1.29 is 22.4 Å². The van der Waals surface area contributed by atoms with Gasteiger partial charge in [0.25, 0.3) is 10.0 Å². The molecule has 208 valence electrons. The normalized spacial score (nSPS) is 12.9. The first-order chi connectivity index (χ1) is 18.4. The van der Waals surface area contributed by atoms with E-state index in [0.717, 1.165) is 4.31 Å². The van der Waals surface area contributed by atoms with Crippen molar-refractivity contribution in [3.05, 3.63) is 94.8 Å². The van der Waals surface area contributed by atoms with Crippen molar-refractivity contribution in [3.63, 3.8) is 0 Å². The van der Waals surface area contributed by atoms with Gasteiger partial charge in [-0.05, 0) is 74.7 Å². The number of nitrogens with one attached hydrogen (secondary N) is 1. The minimum absolute atomic E-state index is 0.00447. The first-order valence-corrected chi connectivity index (χ1v) is 14.4. The van der Waals surface area contributed by atoms with Crippen LogP contribution >= 0.6 is 11.6 Å². The second-order valence-electron chi connectivity index (χ2n) is 9.35. The highest BCUT2D eigenvalue weighted by molar-refractivity contribution is 7.92. The summed E-state index contributed by atoms with van der Waals surface area (Å²) < 4.78 is 42.2. The SMILES string of the molecule is CC[C@@H](C)NC(=O)[C@@H](C)N(Cc1ccc(F)cc1)C(=O)CN(c1cccc(Cl)c1C)S(=O)(=O)c1ccccc1. The smallest absolute Gasteiger partial charge is 0.264 e. The minimum Gasteiger partial charge on any atom is -0.352 e. The van der Waals surface area contributed by atoms with Crippen LogP contribution in [0.3, 0.4) is 0 Å². The topological polar surface area (TPSA) is 86.8 Å². The Labute approximate surface area is 234 Å². The zero-order valence-electron chi connectivity index (χ0n) is 22.4. The predicted molar refractivity (Wildman–Crippen MR) is 151 cm³/mol. The minimum atomic E-state index is -4.19. The highest BCUT2D eigenvalue weighted by Crippen LogP contribution is 2.31. The quantitative estimate of drug-likeness (QED) is 0.337. The van der Waals surface area contributed by atoms with E-state index in [4.69, 9.17) is 11.6 Å². The third-order valence-electron chi connectivity index (χ3n) is 6.55. The fourth-order valence-electron chi connectivity index (χ4n) is 3.93. The zero-order valence-corrected chi connectivity index (χ0v) is 24.0. The molecule has 0 saturated carbocycles. The first-order valence-electron chi connectivity index (χ1n) is 12.6. The van der Waals surface area contributed by atoms with Gasteiger partial charge in [-0.15, -0.1) is 0 Å². The maximum atomic E-state index is 13.9. The molecular formula is C29H33ClFN3O4S. The molecule has 0 spiro atoms. The van der Waals surface area contributed by atoms with E-state index < -0.39 is 34.3 Å². The monoisotopic (exact) mass is 573 g/mol. The van der Waals surface area contributed by atoms with Gasteiger partial charge >= 0.3 is 0 Å². The summed E-state index contributed by atoms with van der Waals surface area (Å²) in [6.45, 7) is 6.43. The van der Waals surface area contributed by atoms with Crippen LogP contribution in [0.25, 0.3) is 0 Å². The summed E-state index contributed by atoms with van der Waals surface area (Å²) in [6.07, 6.45) is 0.696. The Morgan fingerprint density at radius 3 is 2.23 bits per heavy atom. The van der Waals surface area contributed by atoms with Crippen LogP contribution in [-0.2, 0) is 26.2 Å². The van der Waals surface area contributed by atoms with Gasteiger partial charge in [0, 0.05) is 17.6 Å². The van der Waals surface area contributed by atoms with E-state index in [1.165, 1.54) is 41.3 Å². The third-order valence-corrected chi connectivity index (χ3v) is 8.74. The molecule has 0 fully saturated rings. The second kappa shape index (κ2) is 13.1. The summed E-state index contributed by atoms with van der Waals surface area (Å²) in [5, 5.41) is 3.22. The maximum absolute atomic E-state index is 13.9. The van der Waals surface area contributed by atoms with Crippen molar-refractivity contribution in [3.8, 4) is 0 Å². The third kappa shape index (κ3) is 7.36. The van der Waals surface area contributed by atoms with Crippen molar-refractivity contribution in [2.75, 3.05) is 10.8 Å². The van der Waals surface area contributed by atoms with E-state index in [1.54, 1.807) is 50.2 Å². The number of benzene rings is 3. The molecule has 0 bridgehead atoms. The van der Waals surface area contributed by atoms with Crippen LogP contribution < -0.4 is 9.62 Å². The van der Waals surface area contributed by atoms with E-state index in [9.17, 15) is 22.4 Å². The van der Waals surface area contributed by atoms with Gasteiger partial charge in [-0.25, -0.2) is 12.8 Å². The number of amides is 2. The summed E-state index contributed by atoms with van der Waals surface area (Å²) in [6, 6.07) is 17.1. The van der Waals surface area contributed by atoms with Crippen LogP contribution in [0.4, 0.5) is 10.1 Å². The van der Waals surface area contributed by atoms with Crippen LogP contribution in [0.15, 0.2) is 77.7 Å². The predicted octanol–water partition coefficient (Wildman–Crippen LogP) is 5.31. The van der Waals surface area contributed by atoms with Gasteiger partial charge in [0.2, 0.25) is 11.8 Å². The van der Waals surface area contributed by atoms with Gasteiger partial charge in [0.1, 0.15) is 18.4 Å². The second-order valence-corrected chi connectivity index (χ2v) is 11.6. The molecule has 0 heterocycles. The number of hydrogen-bond donors (Lipinski definition) is 1. The molecule has 2 amide bonds. The molecule has 2 atom stereocenters. The number of rotatable bonds is 11. The molecule has 0 aromatic heterocycles. The number of sulfonamides is 1. The molecule has 3 rings (SSSR count). The van der Waals surface area contributed by atoms with Crippen molar-refractivity contribution in [1.82, 2.24) is 10.2 Å². The molecule has 0 saturated heterocycles.